The number of nitrogens with one attached hydrogen (secondary N) is 2. The highest BCUT2D eigenvalue weighted by atomic mass is 32.2. The van der Waals surface area contributed by atoms with Crippen molar-refractivity contribution in [2.75, 3.05) is 18.6 Å². The maximum Gasteiger partial charge on any atom is 0.410 e. The molecule has 3 aliphatic heterocycles. The minimum absolute atomic E-state index is 0.0787. The van der Waals surface area contributed by atoms with Crippen LogP contribution in [0.15, 0.2) is 29.2 Å². The maximum atomic E-state index is 14.2. The van der Waals surface area contributed by atoms with Crippen LogP contribution in [-0.2, 0) is 19.1 Å². The molecular weight excluding hydrogens is 572 g/mol. The summed E-state index contributed by atoms with van der Waals surface area (Å²) in [6.45, 7) is 6.94. The number of thioether (sulfide) groups is 2. The number of amides is 4. The second-order valence-electron chi connectivity index (χ2n) is 13.1. The molecule has 9 nitrogen and oxygen atoms in total. The van der Waals surface area contributed by atoms with Gasteiger partial charge in [-0.15, -0.1) is 23.5 Å². The highest BCUT2D eigenvalue weighted by Crippen LogP contribution is 2.55. The number of likely N-dealkylation sites (N-methyl/N-ethyl adjacent to an activating group) is 1. The Bertz CT molecular complexity index is 1210. The van der Waals surface area contributed by atoms with Gasteiger partial charge in [-0.1, -0.05) is 31.0 Å². The Labute approximate surface area is 257 Å². The van der Waals surface area contributed by atoms with Gasteiger partial charge in [0.2, 0.25) is 17.7 Å². The van der Waals surface area contributed by atoms with Crippen LogP contribution >= 0.6 is 23.5 Å². The second-order valence-corrected chi connectivity index (χ2v) is 15.5. The molecule has 1 aromatic rings. The number of hydrogen-bond donors (Lipinski definition) is 2. The largest absolute Gasteiger partial charge is 0.444 e. The third-order valence-corrected chi connectivity index (χ3v) is 11.5. The smallest absolute Gasteiger partial charge is 0.410 e. The zero-order valence-electron chi connectivity index (χ0n) is 25.3. The standard InChI is InChI=1S/C31H44N4O5S2/c1-19(34(5)29(39)40-30(2,3)4)26(36)33-22-13-17-42-24-18-31(14-8-9-15-31)25(35(24)28(22)38)27(37)32-21-12-16-41-23-11-7-6-10-20(21)23/h6-7,10-11,19,21-22,24-25H,8-9,12-18H2,1-5H3,(H,32,37)(H,33,36)/t19-,21?,22?,24-,25+/m0/s1. The Kier molecular flexibility index (Phi) is 9.09. The van der Waals surface area contributed by atoms with Crippen LogP contribution in [-0.4, -0.2) is 81.3 Å². The van der Waals surface area contributed by atoms with Crippen LogP contribution < -0.4 is 10.6 Å². The van der Waals surface area contributed by atoms with Gasteiger partial charge < -0.3 is 20.3 Å². The van der Waals surface area contributed by atoms with E-state index < -0.39 is 35.7 Å². The van der Waals surface area contributed by atoms with E-state index in [9.17, 15) is 19.2 Å². The lowest BCUT2D eigenvalue weighted by Gasteiger charge is -2.37. The quantitative estimate of drug-likeness (QED) is 0.494. The third kappa shape index (κ3) is 6.27. The zero-order chi connectivity index (χ0) is 30.2. The van der Waals surface area contributed by atoms with Gasteiger partial charge >= 0.3 is 6.09 Å². The molecule has 1 aromatic carbocycles. The Morgan fingerprint density at radius 1 is 1.07 bits per heavy atom. The van der Waals surface area contributed by atoms with E-state index >= 15 is 0 Å². The predicted octanol–water partition coefficient (Wildman–Crippen LogP) is 4.70. The first-order valence-electron chi connectivity index (χ1n) is 15.1. The summed E-state index contributed by atoms with van der Waals surface area (Å²) in [7, 11) is 1.52. The van der Waals surface area contributed by atoms with E-state index in [1.807, 2.05) is 28.8 Å². The van der Waals surface area contributed by atoms with Crippen LogP contribution in [0.4, 0.5) is 4.79 Å². The monoisotopic (exact) mass is 616 g/mol. The van der Waals surface area contributed by atoms with Crippen molar-refractivity contribution in [2.45, 2.75) is 113 Å². The molecule has 4 aliphatic rings. The van der Waals surface area contributed by atoms with Gasteiger partial charge in [0.05, 0.1) is 11.4 Å². The molecule has 5 rings (SSSR count). The summed E-state index contributed by atoms with van der Waals surface area (Å²) in [6.07, 6.45) is 5.49. The molecule has 2 saturated heterocycles. The minimum atomic E-state index is -0.831. The first kappa shape index (κ1) is 31.0. The predicted molar refractivity (Wildman–Crippen MR) is 165 cm³/mol. The lowest BCUT2D eigenvalue weighted by Crippen LogP contribution is -2.59. The minimum Gasteiger partial charge on any atom is -0.444 e. The van der Waals surface area contributed by atoms with Crippen LogP contribution in [0.3, 0.4) is 0 Å². The summed E-state index contributed by atoms with van der Waals surface area (Å²) < 4.78 is 5.42. The number of benzene rings is 1. The SMILES string of the molecule is C[C@@H](C(=O)NC1CCS[C@H]2CC3(CCCC3)[C@@H](C(=O)NC3CCSc4ccccc43)N2C1=O)N(C)C(=O)OC(C)(C)C. The molecule has 3 fully saturated rings. The Balaban J connectivity index is 1.34. The molecule has 4 amide bonds. The number of hydrogen-bond acceptors (Lipinski definition) is 7. The van der Waals surface area contributed by atoms with E-state index in [4.69, 9.17) is 4.74 Å². The van der Waals surface area contributed by atoms with E-state index in [-0.39, 0.29) is 28.6 Å². The van der Waals surface area contributed by atoms with Gasteiger partial charge in [-0.25, -0.2) is 4.79 Å². The molecule has 1 saturated carbocycles. The highest BCUT2D eigenvalue weighted by Gasteiger charge is 2.59. The number of carbonyl (C=O) groups is 4. The Morgan fingerprint density at radius 2 is 1.76 bits per heavy atom. The molecule has 5 atom stereocenters. The number of rotatable bonds is 5. The molecule has 11 heteroatoms. The van der Waals surface area contributed by atoms with Crippen LogP contribution in [0.5, 0.6) is 0 Å². The first-order valence-corrected chi connectivity index (χ1v) is 17.2. The Morgan fingerprint density at radius 3 is 2.48 bits per heavy atom. The van der Waals surface area contributed by atoms with Crippen LogP contribution in [0.1, 0.15) is 84.2 Å². The molecule has 0 aromatic heterocycles. The molecule has 2 N–H and O–H groups in total. The van der Waals surface area contributed by atoms with E-state index in [1.54, 1.807) is 39.5 Å². The van der Waals surface area contributed by atoms with Gasteiger partial charge in [0.25, 0.3) is 0 Å². The lowest BCUT2D eigenvalue weighted by atomic mass is 9.78. The van der Waals surface area contributed by atoms with Crippen molar-refractivity contribution >= 4 is 47.3 Å². The molecule has 230 valence electrons. The van der Waals surface area contributed by atoms with Gasteiger partial charge in [-0.05, 0) is 77.2 Å². The molecule has 0 bridgehead atoms. The lowest BCUT2D eigenvalue weighted by molar-refractivity contribution is -0.144. The van der Waals surface area contributed by atoms with Crippen molar-refractivity contribution in [3.63, 3.8) is 0 Å². The number of nitrogens with zero attached hydrogens (tertiary/aromatic N) is 2. The number of fused-ring (bicyclic) bond motifs is 2. The van der Waals surface area contributed by atoms with Crippen molar-refractivity contribution < 1.29 is 23.9 Å². The van der Waals surface area contributed by atoms with Crippen molar-refractivity contribution in [1.82, 2.24) is 20.4 Å². The third-order valence-electron chi connectivity index (χ3n) is 9.10. The van der Waals surface area contributed by atoms with Gasteiger partial charge in [-0.3, -0.25) is 19.3 Å². The average Bonchev–Trinajstić information content (AvgIpc) is 3.50. The van der Waals surface area contributed by atoms with Gasteiger partial charge in [0.15, 0.2) is 0 Å². The van der Waals surface area contributed by atoms with Crippen LogP contribution in [0.2, 0.25) is 0 Å². The molecule has 3 heterocycles. The van der Waals surface area contributed by atoms with E-state index in [2.05, 4.69) is 22.8 Å². The van der Waals surface area contributed by atoms with Crippen molar-refractivity contribution in [3.05, 3.63) is 29.8 Å². The van der Waals surface area contributed by atoms with E-state index in [0.717, 1.165) is 49.8 Å². The topological polar surface area (TPSA) is 108 Å². The molecule has 1 spiro atoms. The fourth-order valence-corrected chi connectivity index (χ4v) is 9.46. The molecule has 42 heavy (non-hydrogen) atoms. The molecule has 2 unspecified atom stereocenters. The van der Waals surface area contributed by atoms with Gasteiger partial charge in [-0.2, -0.15) is 0 Å². The molecule has 0 radical (unpaired) electrons. The first-order chi connectivity index (χ1) is 19.9. The summed E-state index contributed by atoms with van der Waals surface area (Å²) >= 11 is 3.53. The van der Waals surface area contributed by atoms with Gasteiger partial charge in [0, 0.05) is 23.1 Å². The van der Waals surface area contributed by atoms with Crippen molar-refractivity contribution in [2.24, 2.45) is 5.41 Å². The van der Waals surface area contributed by atoms with E-state index in [0.29, 0.717) is 12.2 Å². The second kappa shape index (κ2) is 12.3. The summed E-state index contributed by atoms with van der Waals surface area (Å²) in [5.41, 5.74) is 0.212. The fourth-order valence-electron chi connectivity index (χ4n) is 6.85. The summed E-state index contributed by atoms with van der Waals surface area (Å²) in [5, 5.41) is 6.19. The molecule has 1 aliphatic carbocycles. The van der Waals surface area contributed by atoms with Crippen molar-refractivity contribution in [3.8, 4) is 0 Å². The Hall–Kier alpha value is -2.40. The summed E-state index contributed by atoms with van der Waals surface area (Å²) in [6, 6.07) is 5.99. The number of ether oxygens (including phenoxy) is 1. The zero-order valence-corrected chi connectivity index (χ0v) is 26.9. The fraction of sp³-hybridized carbons (Fsp3) is 0.677. The van der Waals surface area contributed by atoms with Crippen LogP contribution in [0.25, 0.3) is 0 Å². The van der Waals surface area contributed by atoms with Crippen molar-refractivity contribution in [1.29, 1.82) is 0 Å². The van der Waals surface area contributed by atoms with Crippen LogP contribution in [0, 0.1) is 5.41 Å². The maximum absolute atomic E-state index is 14.2. The number of carbonyl (C=O) groups excluding carboxylic acids is 4. The summed E-state index contributed by atoms with van der Waals surface area (Å²) in [5.74, 6) is 0.936. The normalized spacial score (nSPS) is 27.5. The highest BCUT2D eigenvalue weighted by molar-refractivity contribution is 8.00. The van der Waals surface area contributed by atoms with Gasteiger partial charge in [0.1, 0.15) is 23.7 Å². The summed E-state index contributed by atoms with van der Waals surface area (Å²) in [4.78, 5) is 58.6. The van der Waals surface area contributed by atoms with E-state index in [1.165, 1.54) is 16.8 Å². The average molecular weight is 617 g/mol. The molecular formula is C31H44N4O5S2.